The highest BCUT2D eigenvalue weighted by Crippen LogP contribution is 2.34. The number of carbonyl (C=O) groups excluding carboxylic acids is 2. The quantitative estimate of drug-likeness (QED) is 0.802. The normalized spacial score (nSPS) is 19.8. The fourth-order valence-corrected chi connectivity index (χ4v) is 4.39. The van der Waals surface area contributed by atoms with E-state index in [9.17, 15) is 14.0 Å². The minimum atomic E-state index is -0.601. The molecule has 0 radical (unpaired) electrons. The molecule has 1 aliphatic heterocycles. The summed E-state index contributed by atoms with van der Waals surface area (Å²) in [6.07, 6.45) is 2.37. The number of nitrogens with zero attached hydrogens (tertiary/aromatic N) is 1. The Morgan fingerprint density at radius 3 is 2.64 bits per heavy atom. The van der Waals surface area contributed by atoms with Gasteiger partial charge in [0.05, 0.1) is 11.1 Å². The predicted octanol–water partition coefficient (Wildman–Crippen LogP) is 4.05. The summed E-state index contributed by atoms with van der Waals surface area (Å²) in [5.74, 6) is -0.0704. The lowest BCUT2D eigenvalue weighted by Gasteiger charge is -2.29. The van der Waals surface area contributed by atoms with E-state index in [0.29, 0.717) is 11.7 Å². The second-order valence-electron chi connectivity index (χ2n) is 6.87. The zero-order valence-corrected chi connectivity index (χ0v) is 15.9. The number of rotatable bonds is 5. The van der Waals surface area contributed by atoms with E-state index < -0.39 is 11.9 Å². The summed E-state index contributed by atoms with van der Waals surface area (Å²) in [6.45, 7) is 7.90. The highest BCUT2D eigenvalue weighted by atomic mass is 32.2. The van der Waals surface area contributed by atoms with E-state index in [1.54, 1.807) is 34.9 Å². The van der Waals surface area contributed by atoms with Crippen molar-refractivity contribution in [1.29, 1.82) is 0 Å². The number of para-hydroxylation sites is 1. The highest BCUT2D eigenvalue weighted by molar-refractivity contribution is 8.00. The van der Waals surface area contributed by atoms with Crippen LogP contribution >= 0.6 is 11.8 Å². The number of halogens is 1. The maximum absolute atomic E-state index is 13.8. The van der Waals surface area contributed by atoms with Crippen molar-refractivity contribution in [3.8, 4) is 0 Å². The third-order valence-electron chi connectivity index (χ3n) is 3.87. The van der Waals surface area contributed by atoms with E-state index in [4.69, 9.17) is 0 Å². The number of benzene rings is 1. The molecule has 1 heterocycles. The van der Waals surface area contributed by atoms with Crippen molar-refractivity contribution in [2.45, 2.75) is 45.5 Å². The first-order valence-corrected chi connectivity index (χ1v) is 9.48. The molecule has 1 aliphatic rings. The molecule has 0 saturated carbocycles. The number of amides is 2. The molecular weight excluding hydrogens is 339 g/mol. The molecule has 1 fully saturated rings. The van der Waals surface area contributed by atoms with Crippen molar-refractivity contribution in [3.63, 3.8) is 0 Å². The summed E-state index contributed by atoms with van der Waals surface area (Å²) < 4.78 is 13.8. The van der Waals surface area contributed by atoms with Gasteiger partial charge in [0.1, 0.15) is 11.9 Å². The first kappa shape index (κ1) is 19.5. The number of carbonyl (C=O) groups is 2. The molecule has 2 amide bonds. The fourth-order valence-electron chi connectivity index (χ4n) is 2.75. The van der Waals surface area contributed by atoms with Crippen molar-refractivity contribution in [2.75, 3.05) is 11.1 Å². The number of thioether (sulfide) groups is 1. The molecule has 6 heteroatoms. The molecule has 1 aromatic carbocycles. The summed E-state index contributed by atoms with van der Waals surface area (Å²) >= 11 is 1.61. The predicted molar refractivity (Wildman–Crippen MR) is 101 cm³/mol. The lowest BCUT2D eigenvalue weighted by molar-refractivity contribution is -0.134. The van der Waals surface area contributed by atoms with Crippen LogP contribution in [-0.4, -0.2) is 33.9 Å². The van der Waals surface area contributed by atoms with Gasteiger partial charge in [-0.15, -0.1) is 11.8 Å². The number of hydrogen-bond donors (Lipinski definition) is 1. The molecule has 2 unspecified atom stereocenters. The molecular formula is C19H25FN2O2S. The maximum Gasteiger partial charge on any atom is 0.248 e. The lowest BCUT2D eigenvalue weighted by Crippen LogP contribution is -2.47. The van der Waals surface area contributed by atoms with E-state index in [1.165, 1.54) is 12.1 Å². The van der Waals surface area contributed by atoms with Crippen molar-refractivity contribution in [2.24, 2.45) is 5.92 Å². The van der Waals surface area contributed by atoms with Crippen molar-refractivity contribution in [3.05, 3.63) is 41.7 Å². The Balaban J connectivity index is 2.21. The van der Waals surface area contributed by atoms with Crippen LogP contribution in [0.15, 0.2) is 35.9 Å². The third-order valence-corrected chi connectivity index (χ3v) is 5.18. The minimum absolute atomic E-state index is 0.0422. The molecule has 0 aliphatic carbocycles. The Hall–Kier alpha value is -1.82. The van der Waals surface area contributed by atoms with Gasteiger partial charge in [-0.1, -0.05) is 31.6 Å². The van der Waals surface area contributed by atoms with Crippen LogP contribution in [0.25, 0.3) is 0 Å². The van der Waals surface area contributed by atoms with Crippen LogP contribution in [0.1, 0.15) is 34.1 Å². The largest absolute Gasteiger partial charge is 0.322 e. The Kier molecular flexibility index (Phi) is 6.64. The summed E-state index contributed by atoms with van der Waals surface area (Å²) in [7, 11) is 0. The van der Waals surface area contributed by atoms with Gasteiger partial charge in [0.25, 0.3) is 0 Å². The molecule has 0 aromatic heterocycles. The molecule has 1 aromatic rings. The summed E-state index contributed by atoms with van der Waals surface area (Å²) in [5.41, 5.74) is 1.03. The molecule has 4 nitrogen and oxygen atoms in total. The fraction of sp³-hybridized carbons (Fsp3) is 0.474. The molecule has 25 heavy (non-hydrogen) atoms. The van der Waals surface area contributed by atoms with Gasteiger partial charge in [0, 0.05) is 11.8 Å². The van der Waals surface area contributed by atoms with Crippen LogP contribution in [0, 0.1) is 11.7 Å². The van der Waals surface area contributed by atoms with Crippen LogP contribution in [-0.2, 0) is 9.59 Å². The van der Waals surface area contributed by atoms with Gasteiger partial charge in [0.2, 0.25) is 11.8 Å². The molecule has 0 spiro atoms. The standard InChI is InChI=1S/C19H25FN2O2S/c1-12(2)9-17(23)22-16(11-25-18(22)10-13(3)4)19(24)21-15-8-6-5-7-14(15)20/h5-9,13,16,18H,10-11H2,1-4H3,(H,21,24). The zero-order valence-electron chi connectivity index (χ0n) is 15.1. The minimum Gasteiger partial charge on any atom is -0.322 e. The van der Waals surface area contributed by atoms with Crippen LogP contribution in [0.2, 0.25) is 0 Å². The van der Waals surface area contributed by atoms with Gasteiger partial charge in [-0.3, -0.25) is 9.59 Å². The van der Waals surface area contributed by atoms with Gasteiger partial charge >= 0.3 is 0 Å². The summed E-state index contributed by atoms with van der Waals surface area (Å²) in [4.78, 5) is 27.0. The van der Waals surface area contributed by atoms with Crippen LogP contribution in [0.3, 0.4) is 0 Å². The Labute approximate surface area is 152 Å². The van der Waals surface area contributed by atoms with Crippen molar-refractivity contribution >= 4 is 29.3 Å². The molecule has 1 saturated heterocycles. The monoisotopic (exact) mass is 364 g/mol. The van der Waals surface area contributed by atoms with Gasteiger partial charge in [-0.2, -0.15) is 0 Å². The van der Waals surface area contributed by atoms with E-state index in [2.05, 4.69) is 19.2 Å². The van der Waals surface area contributed by atoms with Crippen molar-refractivity contribution in [1.82, 2.24) is 4.90 Å². The second kappa shape index (κ2) is 8.52. The van der Waals surface area contributed by atoms with Gasteiger partial charge < -0.3 is 10.2 Å². The summed E-state index contributed by atoms with van der Waals surface area (Å²) in [5, 5.41) is 2.58. The van der Waals surface area contributed by atoms with Crippen LogP contribution in [0.5, 0.6) is 0 Å². The lowest BCUT2D eigenvalue weighted by atomic mass is 10.1. The van der Waals surface area contributed by atoms with Crippen LogP contribution in [0.4, 0.5) is 10.1 Å². The number of nitrogens with one attached hydrogen (secondary N) is 1. The topological polar surface area (TPSA) is 49.4 Å². The Bertz CT molecular complexity index is 671. The zero-order chi connectivity index (χ0) is 18.6. The van der Waals surface area contributed by atoms with Crippen molar-refractivity contribution < 1.29 is 14.0 Å². The van der Waals surface area contributed by atoms with Crippen LogP contribution < -0.4 is 5.32 Å². The van der Waals surface area contributed by atoms with E-state index in [-0.39, 0.29) is 22.9 Å². The molecule has 1 N–H and O–H groups in total. The Morgan fingerprint density at radius 2 is 2.04 bits per heavy atom. The SMILES string of the molecule is CC(C)=CC(=O)N1C(CC(C)C)SCC1C(=O)Nc1ccccc1F. The average molecular weight is 364 g/mol. The molecule has 2 atom stereocenters. The molecule has 136 valence electrons. The average Bonchev–Trinajstić information content (AvgIpc) is 2.92. The first-order valence-electron chi connectivity index (χ1n) is 8.43. The Morgan fingerprint density at radius 1 is 1.36 bits per heavy atom. The highest BCUT2D eigenvalue weighted by Gasteiger charge is 2.41. The molecule has 2 rings (SSSR count). The van der Waals surface area contributed by atoms with E-state index >= 15 is 0 Å². The maximum atomic E-state index is 13.8. The van der Waals surface area contributed by atoms with Gasteiger partial charge in [0.15, 0.2) is 0 Å². The first-order chi connectivity index (χ1) is 11.8. The smallest absolute Gasteiger partial charge is 0.248 e. The second-order valence-corrected chi connectivity index (χ2v) is 8.08. The van der Waals surface area contributed by atoms with E-state index in [0.717, 1.165) is 12.0 Å². The number of hydrogen-bond acceptors (Lipinski definition) is 3. The third kappa shape index (κ3) is 5.08. The summed E-state index contributed by atoms with van der Waals surface area (Å²) in [6, 6.07) is 5.45. The van der Waals surface area contributed by atoms with Gasteiger partial charge in [-0.05, 0) is 38.3 Å². The van der Waals surface area contributed by atoms with E-state index in [1.807, 2.05) is 13.8 Å². The number of allylic oxidation sites excluding steroid dienone is 1. The number of anilines is 1. The molecule has 0 bridgehead atoms. The van der Waals surface area contributed by atoms with Gasteiger partial charge in [-0.25, -0.2) is 4.39 Å².